The first-order valence-corrected chi connectivity index (χ1v) is 7.11. The lowest BCUT2D eigenvalue weighted by Crippen LogP contribution is -2.34. The summed E-state index contributed by atoms with van der Waals surface area (Å²) in [4.78, 5) is 20.9. The van der Waals surface area contributed by atoms with Crippen LogP contribution in [-0.4, -0.2) is 45.8 Å². The van der Waals surface area contributed by atoms with Gasteiger partial charge < -0.3 is 15.1 Å². The van der Waals surface area contributed by atoms with Gasteiger partial charge in [-0.15, -0.1) is 0 Å². The Hall–Kier alpha value is -2.47. The van der Waals surface area contributed by atoms with Gasteiger partial charge in [-0.25, -0.2) is 14.8 Å². The number of carbonyl (C=O) groups is 1. The number of hydrogen-bond donors (Lipinski definition) is 2. The number of anilines is 1. The number of hydrogen-bond acceptors (Lipinski definition) is 5. The average molecular weight is 299 g/mol. The Kier molecular flexibility index (Phi) is 3.77. The van der Waals surface area contributed by atoms with Crippen LogP contribution in [0.3, 0.4) is 0 Å². The molecule has 1 unspecified atom stereocenters. The highest BCUT2D eigenvalue weighted by atomic mass is 16.4. The molecule has 3 rings (SSSR count). The molecule has 1 aliphatic rings. The van der Waals surface area contributed by atoms with Crippen molar-refractivity contribution in [3.8, 4) is 0 Å². The smallest absolute Gasteiger partial charge is 0.356 e. The van der Waals surface area contributed by atoms with Crippen molar-refractivity contribution in [2.24, 2.45) is 0 Å². The number of aromatic nitrogens is 2. The van der Waals surface area contributed by atoms with Gasteiger partial charge in [0.25, 0.3) is 0 Å². The van der Waals surface area contributed by atoms with Crippen LogP contribution >= 0.6 is 0 Å². The Morgan fingerprint density at radius 2 is 2.00 bits per heavy atom. The number of aliphatic hydroxyl groups excluding tert-OH is 1. The van der Waals surface area contributed by atoms with E-state index in [1.807, 2.05) is 35.2 Å². The van der Waals surface area contributed by atoms with Crippen LogP contribution in [0.15, 0.2) is 42.7 Å². The number of carboxylic acids is 1. The van der Waals surface area contributed by atoms with Gasteiger partial charge in [-0.3, -0.25) is 0 Å². The van der Waals surface area contributed by atoms with Crippen molar-refractivity contribution in [1.82, 2.24) is 9.97 Å². The molecule has 0 aliphatic carbocycles. The van der Waals surface area contributed by atoms with Gasteiger partial charge in [0.1, 0.15) is 5.82 Å². The first-order chi connectivity index (χ1) is 10.6. The van der Waals surface area contributed by atoms with Crippen LogP contribution in [-0.2, 0) is 5.41 Å². The zero-order chi connectivity index (χ0) is 15.6. The summed E-state index contributed by atoms with van der Waals surface area (Å²) in [6.07, 6.45) is 3.55. The average Bonchev–Trinajstić information content (AvgIpc) is 3.02. The third kappa shape index (κ3) is 2.53. The molecule has 114 valence electrons. The summed E-state index contributed by atoms with van der Waals surface area (Å²) in [6.45, 7) is 1.44. The van der Waals surface area contributed by atoms with E-state index in [0.29, 0.717) is 12.4 Å². The molecule has 2 heterocycles. The van der Waals surface area contributed by atoms with Crippen molar-refractivity contribution >= 4 is 11.8 Å². The molecule has 6 nitrogen and oxygen atoms in total. The zero-order valence-electron chi connectivity index (χ0n) is 12.0. The second-order valence-electron chi connectivity index (χ2n) is 5.54. The normalized spacial score (nSPS) is 21.0. The third-order valence-corrected chi connectivity index (χ3v) is 4.22. The largest absolute Gasteiger partial charge is 0.476 e. The topological polar surface area (TPSA) is 86.5 Å². The van der Waals surface area contributed by atoms with Gasteiger partial charge in [-0.2, -0.15) is 0 Å². The van der Waals surface area contributed by atoms with Gasteiger partial charge in [0, 0.05) is 18.5 Å². The highest BCUT2D eigenvalue weighted by molar-refractivity contribution is 5.84. The van der Waals surface area contributed by atoms with Gasteiger partial charge >= 0.3 is 5.97 Å². The summed E-state index contributed by atoms with van der Waals surface area (Å²) >= 11 is 0. The third-order valence-electron chi connectivity index (χ3n) is 4.22. The van der Waals surface area contributed by atoms with Gasteiger partial charge in [0.2, 0.25) is 0 Å². The Balaban J connectivity index is 1.83. The second kappa shape index (κ2) is 5.73. The molecule has 0 spiro atoms. The maximum atomic E-state index is 10.8. The van der Waals surface area contributed by atoms with E-state index < -0.39 is 5.97 Å². The minimum atomic E-state index is -1.09. The van der Waals surface area contributed by atoms with Gasteiger partial charge in [0.15, 0.2) is 5.69 Å². The molecule has 6 heteroatoms. The van der Waals surface area contributed by atoms with Crippen LogP contribution in [0.1, 0.15) is 22.5 Å². The molecule has 1 atom stereocenters. The molecule has 0 saturated carbocycles. The molecule has 2 aromatic rings. The quantitative estimate of drug-likeness (QED) is 0.885. The predicted molar refractivity (Wildman–Crippen MR) is 81.0 cm³/mol. The molecular weight excluding hydrogens is 282 g/mol. The van der Waals surface area contributed by atoms with Crippen molar-refractivity contribution in [2.75, 3.05) is 24.6 Å². The highest BCUT2D eigenvalue weighted by Gasteiger charge is 2.39. The van der Waals surface area contributed by atoms with Crippen LogP contribution < -0.4 is 4.90 Å². The Bertz CT molecular complexity index is 660. The zero-order valence-corrected chi connectivity index (χ0v) is 12.0. The van der Waals surface area contributed by atoms with E-state index >= 15 is 0 Å². The molecule has 2 N–H and O–H groups in total. The lowest BCUT2D eigenvalue weighted by Gasteiger charge is -2.28. The standard InChI is InChI=1S/C16H17N3O3/c20-11-16(12-4-2-1-3-5-12)6-7-19(10-16)14-9-17-13(8-18-14)15(21)22/h1-5,8-9,20H,6-7,10-11H2,(H,21,22). The summed E-state index contributed by atoms with van der Waals surface area (Å²) in [5.41, 5.74) is 0.726. The van der Waals surface area contributed by atoms with Crippen LogP contribution in [0.25, 0.3) is 0 Å². The van der Waals surface area contributed by atoms with Crippen LogP contribution in [0.2, 0.25) is 0 Å². The number of carboxylic acid groups (broad SMARTS) is 1. The highest BCUT2D eigenvalue weighted by Crippen LogP contribution is 2.35. The van der Waals surface area contributed by atoms with Crippen LogP contribution in [0, 0.1) is 0 Å². The number of rotatable bonds is 4. The Morgan fingerprint density at radius 1 is 1.23 bits per heavy atom. The van der Waals surface area contributed by atoms with E-state index in [2.05, 4.69) is 9.97 Å². The fourth-order valence-electron chi connectivity index (χ4n) is 2.91. The summed E-state index contributed by atoms with van der Waals surface area (Å²) in [7, 11) is 0. The van der Waals surface area contributed by atoms with Crippen molar-refractivity contribution in [2.45, 2.75) is 11.8 Å². The second-order valence-corrected chi connectivity index (χ2v) is 5.54. The minimum absolute atomic E-state index is 0.0636. The molecule has 1 fully saturated rings. The van der Waals surface area contributed by atoms with Crippen molar-refractivity contribution in [3.63, 3.8) is 0 Å². The lowest BCUT2D eigenvalue weighted by atomic mass is 9.80. The molecule has 1 aromatic heterocycles. The summed E-state index contributed by atoms with van der Waals surface area (Å²) in [5, 5.41) is 18.8. The molecule has 1 aliphatic heterocycles. The Labute approximate surface area is 128 Å². The van der Waals surface area contributed by atoms with E-state index in [1.165, 1.54) is 12.4 Å². The van der Waals surface area contributed by atoms with Gasteiger partial charge in [-0.05, 0) is 12.0 Å². The van der Waals surface area contributed by atoms with E-state index in [-0.39, 0.29) is 17.7 Å². The van der Waals surface area contributed by atoms with Gasteiger partial charge in [0.05, 0.1) is 19.0 Å². The molecule has 0 radical (unpaired) electrons. The molecule has 1 aromatic carbocycles. The summed E-state index contributed by atoms with van der Waals surface area (Å²) in [5.74, 6) is -0.453. The maximum absolute atomic E-state index is 10.8. The predicted octanol–water partition coefficient (Wildman–Crippen LogP) is 1.32. The van der Waals surface area contributed by atoms with E-state index in [0.717, 1.165) is 18.5 Å². The monoisotopic (exact) mass is 299 g/mol. The minimum Gasteiger partial charge on any atom is -0.476 e. The lowest BCUT2D eigenvalue weighted by molar-refractivity contribution is 0.0690. The first kappa shape index (κ1) is 14.5. The van der Waals surface area contributed by atoms with E-state index in [9.17, 15) is 9.90 Å². The number of aromatic carboxylic acids is 1. The summed E-state index contributed by atoms with van der Waals surface area (Å²) in [6, 6.07) is 9.95. The SMILES string of the molecule is O=C(O)c1cnc(N2CCC(CO)(c3ccccc3)C2)cn1. The molecule has 0 bridgehead atoms. The molecule has 0 amide bonds. The van der Waals surface area contributed by atoms with E-state index in [1.54, 1.807) is 0 Å². The summed E-state index contributed by atoms with van der Waals surface area (Å²) < 4.78 is 0. The molecule has 1 saturated heterocycles. The van der Waals surface area contributed by atoms with Crippen LogP contribution in [0.4, 0.5) is 5.82 Å². The van der Waals surface area contributed by atoms with Crippen molar-refractivity contribution in [3.05, 3.63) is 54.0 Å². The van der Waals surface area contributed by atoms with Crippen LogP contribution in [0.5, 0.6) is 0 Å². The van der Waals surface area contributed by atoms with Crippen molar-refractivity contribution in [1.29, 1.82) is 0 Å². The molecule has 22 heavy (non-hydrogen) atoms. The number of benzene rings is 1. The molecular formula is C16H17N3O3. The fourth-order valence-corrected chi connectivity index (χ4v) is 2.91. The van der Waals surface area contributed by atoms with E-state index in [4.69, 9.17) is 5.11 Å². The maximum Gasteiger partial charge on any atom is 0.356 e. The Morgan fingerprint density at radius 3 is 2.59 bits per heavy atom. The fraction of sp³-hybridized carbons (Fsp3) is 0.312. The first-order valence-electron chi connectivity index (χ1n) is 7.11. The van der Waals surface area contributed by atoms with Gasteiger partial charge in [-0.1, -0.05) is 30.3 Å². The van der Waals surface area contributed by atoms with Crippen molar-refractivity contribution < 1.29 is 15.0 Å². The number of nitrogens with zero attached hydrogens (tertiary/aromatic N) is 3. The number of aliphatic hydroxyl groups is 1.